The number of ether oxygens (including phenoxy) is 2. The van der Waals surface area contributed by atoms with E-state index in [1.165, 1.54) is 29.8 Å². The number of hydrogen-bond acceptors (Lipinski definition) is 12. The number of carbonyl (C=O) groups excluding carboxylic acids is 2. The van der Waals surface area contributed by atoms with Crippen LogP contribution in [0.3, 0.4) is 0 Å². The van der Waals surface area contributed by atoms with Crippen LogP contribution < -0.4 is 21.3 Å². The van der Waals surface area contributed by atoms with E-state index in [0.717, 1.165) is 17.5 Å². The van der Waals surface area contributed by atoms with Crippen LogP contribution in [-0.2, 0) is 9.53 Å². The summed E-state index contributed by atoms with van der Waals surface area (Å²) in [5.74, 6) is -1.02. The molecule has 1 aliphatic rings. The lowest BCUT2D eigenvalue weighted by Crippen LogP contribution is -2.33. The fraction of sp³-hybridized carbons (Fsp3) is 0.318. The third-order valence-electron chi connectivity index (χ3n) is 5.12. The van der Waals surface area contributed by atoms with Crippen LogP contribution in [0.5, 0.6) is 5.75 Å². The van der Waals surface area contributed by atoms with Gasteiger partial charge in [-0.05, 0) is 30.4 Å². The molecule has 1 amide bonds. The largest absolute Gasteiger partial charge is 0.426 e. The number of nitrogens with zero attached hydrogens (tertiary/aromatic N) is 3. The highest BCUT2D eigenvalue weighted by atomic mass is 32.1. The first-order valence-corrected chi connectivity index (χ1v) is 11.8. The second kappa shape index (κ2) is 12.3. The molecule has 1 aliphatic heterocycles. The lowest BCUT2D eigenvalue weighted by molar-refractivity contribution is -0.380. The number of amides is 1. The second-order valence-electron chi connectivity index (χ2n) is 7.90. The number of nitrogens with one attached hydrogen (secondary N) is 2. The standard InChI is InChI=1S/C12H9N3O5S.C10H14N2O5/c1-7(16)20-9-5-3-2-4-8(9)11(17)14-12-13-6-10(21-12)15(18)19;1-5-3-12(10(16)11-9(5)15)8-2-6(14)7(4-13)17-8/h2-6H,1H3,(H,13,14,17);3,6-8,13-14H,2,4H2,1H3,(H,11,15,16)/t;6-,7+,8-/m.1/s1. The average Bonchev–Trinajstić information content (AvgIpc) is 3.48. The van der Waals surface area contributed by atoms with E-state index in [1.807, 2.05) is 0 Å². The van der Waals surface area contributed by atoms with E-state index in [9.17, 15) is 34.4 Å². The third-order valence-corrected chi connectivity index (χ3v) is 5.98. The number of carbonyl (C=O) groups is 2. The molecule has 0 radical (unpaired) electrons. The zero-order valence-electron chi connectivity index (χ0n) is 20.0. The van der Waals surface area contributed by atoms with Crippen molar-refractivity contribution in [2.75, 3.05) is 11.9 Å². The molecule has 0 saturated carbocycles. The summed E-state index contributed by atoms with van der Waals surface area (Å²) in [7, 11) is 0. The molecule has 2 aromatic heterocycles. The Labute approximate surface area is 217 Å². The Kier molecular flexibility index (Phi) is 9.19. The molecule has 0 unspecified atom stereocenters. The summed E-state index contributed by atoms with van der Waals surface area (Å²) in [6.07, 6.45) is 0.473. The van der Waals surface area contributed by atoms with Crippen LogP contribution in [-0.4, -0.2) is 60.4 Å². The summed E-state index contributed by atoms with van der Waals surface area (Å²) in [5.41, 5.74) is -0.513. The SMILES string of the molecule is CC(=O)Oc1ccccc1C(=O)Nc1ncc([N+](=O)[O-])s1.Cc1cn([C@H]2C[C@@H](O)[C@H](CO)O2)c(=O)[nH]c1=O. The number of rotatable bonds is 6. The molecule has 15 nitrogen and oxygen atoms in total. The number of aliphatic hydroxyl groups is 2. The number of aryl methyl sites for hydroxylation is 1. The summed E-state index contributed by atoms with van der Waals surface area (Å²) < 4.78 is 11.5. The minimum absolute atomic E-state index is 0.0873. The zero-order chi connectivity index (χ0) is 28.0. The van der Waals surface area contributed by atoms with E-state index >= 15 is 0 Å². The number of thiazole rings is 1. The number of benzene rings is 1. The average molecular weight is 550 g/mol. The van der Waals surface area contributed by atoms with Gasteiger partial charge in [0.1, 0.15) is 24.3 Å². The van der Waals surface area contributed by atoms with Crippen molar-refractivity contribution in [3.8, 4) is 5.75 Å². The van der Waals surface area contributed by atoms with Crippen molar-refractivity contribution in [1.29, 1.82) is 0 Å². The van der Waals surface area contributed by atoms with Gasteiger partial charge in [0.25, 0.3) is 11.5 Å². The van der Waals surface area contributed by atoms with Crippen molar-refractivity contribution in [2.24, 2.45) is 0 Å². The fourth-order valence-electron chi connectivity index (χ4n) is 3.32. The van der Waals surface area contributed by atoms with E-state index in [4.69, 9.17) is 14.6 Å². The molecule has 0 aliphatic carbocycles. The van der Waals surface area contributed by atoms with Gasteiger partial charge in [0, 0.05) is 25.1 Å². The minimum Gasteiger partial charge on any atom is -0.426 e. The van der Waals surface area contributed by atoms with Gasteiger partial charge in [0.2, 0.25) is 0 Å². The van der Waals surface area contributed by atoms with Gasteiger partial charge in [0.05, 0.1) is 23.2 Å². The van der Waals surface area contributed by atoms with Gasteiger partial charge < -0.3 is 19.7 Å². The summed E-state index contributed by atoms with van der Waals surface area (Å²) in [6, 6.07) is 6.16. The van der Waals surface area contributed by atoms with Crippen LogP contribution in [0.1, 0.15) is 35.5 Å². The highest BCUT2D eigenvalue weighted by Gasteiger charge is 2.35. The Balaban J connectivity index is 0.000000215. The van der Waals surface area contributed by atoms with Crippen molar-refractivity contribution in [3.05, 3.63) is 78.7 Å². The summed E-state index contributed by atoms with van der Waals surface area (Å²) >= 11 is 0.734. The summed E-state index contributed by atoms with van der Waals surface area (Å²) in [6.45, 7) is 2.48. The molecule has 3 atom stereocenters. The molecule has 1 fully saturated rings. The second-order valence-corrected chi connectivity index (χ2v) is 8.91. The van der Waals surface area contributed by atoms with Crippen LogP contribution in [0.4, 0.5) is 10.1 Å². The number of H-pyrrole nitrogens is 1. The number of hydrogen-bond donors (Lipinski definition) is 4. The van der Waals surface area contributed by atoms with Crippen LogP contribution in [0.2, 0.25) is 0 Å². The molecule has 38 heavy (non-hydrogen) atoms. The molecule has 3 aromatic rings. The maximum absolute atomic E-state index is 12.1. The fourth-order valence-corrected chi connectivity index (χ4v) is 3.95. The Hall–Kier alpha value is -4.25. The van der Waals surface area contributed by atoms with Gasteiger partial charge in [-0.3, -0.25) is 39.4 Å². The zero-order valence-corrected chi connectivity index (χ0v) is 20.8. The van der Waals surface area contributed by atoms with Crippen molar-refractivity contribution in [1.82, 2.24) is 14.5 Å². The van der Waals surface area contributed by atoms with Crippen LogP contribution in [0, 0.1) is 17.0 Å². The van der Waals surface area contributed by atoms with Crippen LogP contribution >= 0.6 is 11.3 Å². The lowest BCUT2D eigenvalue weighted by Gasteiger charge is -2.14. The van der Waals surface area contributed by atoms with E-state index in [0.29, 0.717) is 5.56 Å². The van der Waals surface area contributed by atoms with Gasteiger partial charge in [-0.15, -0.1) is 0 Å². The highest BCUT2D eigenvalue weighted by Crippen LogP contribution is 2.28. The number of anilines is 1. The van der Waals surface area contributed by atoms with Crippen LogP contribution in [0.25, 0.3) is 0 Å². The van der Waals surface area contributed by atoms with E-state index in [2.05, 4.69) is 15.3 Å². The summed E-state index contributed by atoms with van der Waals surface area (Å²) in [5, 5.41) is 31.4. The molecule has 4 rings (SSSR count). The molecular formula is C22H23N5O10S. The Bertz CT molecular complexity index is 1450. The van der Waals surface area contributed by atoms with E-state index in [-0.39, 0.29) is 34.5 Å². The predicted molar refractivity (Wildman–Crippen MR) is 132 cm³/mol. The number of aromatic nitrogens is 3. The molecular weight excluding hydrogens is 526 g/mol. The molecule has 0 bridgehead atoms. The van der Waals surface area contributed by atoms with Crippen LogP contribution in [0.15, 0.2) is 46.2 Å². The predicted octanol–water partition coefficient (Wildman–Crippen LogP) is 0.715. The van der Waals surface area contributed by atoms with Gasteiger partial charge in [0.15, 0.2) is 5.13 Å². The van der Waals surface area contributed by atoms with Gasteiger partial charge >= 0.3 is 16.7 Å². The highest BCUT2D eigenvalue weighted by molar-refractivity contribution is 7.18. The Morgan fingerprint density at radius 3 is 2.68 bits per heavy atom. The first-order valence-electron chi connectivity index (χ1n) is 11.0. The van der Waals surface area contributed by atoms with E-state index < -0.39 is 46.5 Å². The smallest absolute Gasteiger partial charge is 0.345 e. The maximum atomic E-state index is 12.1. The molecule has 0 spiro atoms. The molecule has 4 N–H and O–H groups in total. The molecule has 1 saturated heterocycles. The lowest BCUT2D eigenvalue weighted by atomic mass is 10.2. The number of aliphatic hydroxyl groups excluding tert-OH is 2. The minimum atomic E-state index is -0.816. The number of para-hydroxylation sites is 1. The molecule has 202 valence electrons. The normalized spacial score (nSPS) is 18.3. The molecule has 3 heterocycles. The molecule has 16 heteroatoms. The van der Waals surface area contributed by atoms with Gasteiger partial charge in [-0.2, -0.15) is 0 Å². The van der Waals surface area contributed by atoms with Crippen molar-refractivity contribution < 1.29 is 34.2 Å². The Morgan fingerprint density at radius 2 is 2.08 bits per heavy atom. The maximum Gasteiger partial charge on any atom is 0.345 e. The number of nitro groups is 1. The Morgan fingerprint density at radius 1 is 1.37 bits per heavy atom. The first-order chi connectivity index (χ1) is 18.0. The summed E-state index contributed by atoms with van der Waals surface area (Å²) in [4.78, 5) is 61.7. The molecule has 1 aromatic carbocycles. The van der Waals surface area contributed by atoms with Crippen molar-refractivity contribution in [3.63, 3.8) is 0 Å². The van der Waals surface area contributed by atoms with E-state index in [1.54, 1.807) is 19.1 Å². The van der Waals surface area contributed by atoms with Crippen molar-refractivity contribution in [2.45, 2.75) is 38.7 Å². The van der Waals surface area contributed by atoms with Gasteiger partial charge in [-0.1, -0.05) is 12.1 Å². The topological polar surface area (TPSA) is 216 Å². The first kappa shape index (κ1) is 28.3. The number of esters is 1. The number of aromatic amines is 1. The van der Waals surface area contributed by atoms with Gasteiger partial charge in [-0.25, -0.2) is 9.78 Å². The van der Waals surface area contributed by atoms with Crippen molar-refractivity contribution >= 4 is 33.3 Å². The third kappa shape index (κ3) is 6.94. The quantitative estimate of drug-likeness (QED) is 0.145. The monoisotopic (exact) mass is 549 g/mol.